The second kappa shape index (κ2) is 3.28. The molecule has 0 aromatic carbocycles. The van der Waals surface area contributed by atoms with Gasteiger partial charge in [-0.3, -0.25) is 9.48 Å². The highest BCUT2D eigenvalue weighted by Crippen LogP contribution is 2.18. The van der Waals surface area contributed by atoms with E-state index in [-0.39, 0.29) is 0 Å². The molecule has 60 valence electrons. The molecule has 1 heterocycles. The molecule has 11 heavy (non-hydrogen) atoms. The molecule has 0 radical (unpaired) electrons. The number of rotatable bonds is 2. The van der Waals surface area contributed by atoms with Crippen LogP contribution in [0.15, 0.2) is 11.2 Å². The van der Waals surface area contributed by atoms with Crippen molar-refractivity contribution in [2.45, 2.75) is 5.03 Å². The summed E-state index contributed by atoms with van der Waals surface area (Å²) in [5.74, 6) is 0. The van der Waals surface area contributed by atoms with Crippen LogP contribution in [0.2, 0.25) is 0 Å². The van der Waals surface area contributed by atoms with E-state index in [1.165, 1.54) is 11.8 Å². The third-order valence-electron chi connectivity index (χ3n) is 1.20. The highest BCUT2D eigenvalue weighted by molar-refractivity contribution is 7.98. The lowest BCUT2D eigenvalue weighted by molar-refractivity contribution is 0.107. The minimum atomic E-state index is -0.456. The van der Waals surface area contributed by atoms with E-state index in [0.717, 1.165) is 0 Å². The fourth-order valence-corrected chi connectivity index (χ4v) is 1.52. The lowest BCUT2D eigenvalue weighted by Gasteiger charge is -1.88. The number of hydrogen-bond acceptors (Lipinski definition) is 3. The Bertz CT molecular complexity index is 284. The Balaban J connectivity index is 3.12. The minimum Gasteiger partial charge on any atom is -0.275 e. The predicted molar refractivity (Wildman–Crippen MR) is 45.2 cm³/mol. The van der Waals surface area contributed by atoms with Crippen molar-refractivity contribution in [3.05, 3.63) is 11.8 Å². The quantitative estimate of drug-likeness (QED) is 0.524. The van der Waals surface area contributed by atoms with E-state index in [9.17, 15) is 4.79 Å². The molecule has 0 saturated heterocycles. The first-order valence-electron chi connectivity index (χ1n) is 2.92. The van der Waals surface area contributed by atoms with Crippen molar-refractivity contribution in [3.8, 4) is 0 Å². The zero-order valence-corrected chi connectivity index (χ0v) is 7.74. The molecule has 1 aromatic heterocycles. The SMILES string of the molecule is CSc1nn(C)cc1C(=O)Cl. The highest BCUT2D eigenvalue weighted by Gasteiger charge is 2.11. The van der Waals surface area contributed by atoms with Gasteiger partial charge in [0, 0.05) is 13.2 Å². The van der Waals surface area contributed by atoms with Crippen LogP contribution >= 0.6 is 23.4 Å². The first kappa shape index (κ1) is 8.62. The molecule has 0 spiro atoms. The summed E-state index contributed by atoms with van der Waals surface area (Å²) >= 11 is 6.70. The molecule has 0 aliphatic carbocycles. The average Bonchev–Trinajstić information content (AvgIpc) is 2.30. The van der Waals surface area contributed by atoms with E-state index < -0.39 is 5.24 Å². The van der Waals surface area contributed by atoms with Gasteiger partial charge in [-0.05, 0) is 17.9 Å². The molecular formula is C6H7ClN2OS. The van der Waals surface area contributed by atoms with Gasteiger partial charge in [0.25, 0.3) is 5.24 Å². The van der Waals surface area contributed by atoms with Crippen molar-refractivity contribution < 1.29 is 4.79 Å². The number of aromatic nitrogens is 2. The average molecular weight is 191 g/mol. The second-order valence-corrected chi connectivity index (χ2v) is 3.14. The molecule has 3 nitrogen and oxygen atoms in total. The molecule has 0 aliphatic rings. The molecule has 0 unspecified atom stereocenters. The Labute approximate surface area is 73.7 Å². The van der Waals surface area contributed by atoms with Crippen LogP contribution in [-0.4, -0.2) is 21.3 Å². The molecule has 0 atom stereocenters. The van der Waals surface area contributed by atoms with Gasteiger partial charge < -0.3 is 0 Å². The Morgan fingerprint density at radius 3 is 2.82 bits per heavy atom. The summed E-state index contributed by atoms with van der Waals surface area (Å²) in [6.45, 7) is 0. The molecule has 0 amide bonds. The Hall–Kier alpha value is -0.480. The van der Waals surface area contributed by atoms with Gasteiger partial charge in [0.2, 0.25) is 0 Å². The zero-order valence-electron chi connectivity index (χ0n) is 6.17. The maximum absolute atomic E-state index is 10.7. The summed E-state index contributed by atoms with van der Waals surface area (Å²) in [7, 11) is 1.75. The van der Waals surface area contributed by atoms with Crippen molar-refractivity contribution in [2.75, 3.05) is 6.26 Å². The molecule has 0 saturated carbocycles. The van der Waals surface area contributed by atoms with Crippen LogP contribution in [0.5, 0.6) is 0 Å². The molecule has 0 fully saturated rings. The van der Waals surface area contributed by atoms with E-state index in [0.29, 0.717) is 10.6 Å². The van der Waals surface area contributed by atoms with E-state index in [1.807, 2.05) is 6.26 Å². The first-order chi connectivity index (χ1) is 5.15. The van der Waals surface area contributed by atoms with Crippen LogP contribution < -0.4 is 0 Å². The summed E-state index contributed by atoms with van der Waals surface area (Å²) in [5.41, 5.74) is 0.474. The number of hydrogen-bond donors (Lipinski definition) is 0. The lowest BCUT2D eigenvalue weighted by atomic mass is 10.4. The van der Waals surface area contributed by atoms with Crippen molar-refractivity contribution in [1.29, 1.82) is 0 Å². The number of halogens is 1. The maximum Gasteiger partial charge on any atom is 0.256 e. The summed E-state index contributed by atoms with van der Waals surface area (Å²) in [4.78, 5) is 10.7. The number of aryl methyl sites for hydroxylation is 1. The number of carbonyl (C=O) groups excluding carboxylic acids is 1. The van der Waals surface area contributed by atoms with Gasteiger partial charge in [-0.15, -0.1) is 11.8 Å². The molecule has 0 N–H and O–H groups in total. The van der Waals surface area contributed by atoms with Crippen molar-refractivity contribution >= 4 is 28.6 Å². The maximum atomic E-state index is 10.7. The van der Waals surface area contributed by atoms with E-state index in [4.69, 9.17) is 11.6 Å². The predicted octanol–water partition coefficient (Wildman–Crippen LogP) is 1.52. The smallest absolute Gasteiger partial charge is 0.256 e. The number of thioether (sulfide) groups is 1. The number of nitrogens with zero attached hydrogens (tertiary/aromatic N) is 2. The van der Waals surface area contributed by atoms with Gasteiger partial charge in [-0.25, -0.2) is 0 Å². The molecule has 0 aliphatic heterocycles. The van der Waals surface area contributed by atoms with Gasteiger partial charge >= 0.3 is 0 Å². The fraction of sp³-hybridized carbons (Fsp3) is 0.333. The van der Waals surface area contributed by atoms with Crippen LogP contribution in [0.25, 0.3) is 0 Å². The Morgan fingerprint density at radius 2 is 2.45 bits per heavy atom. The van der Waals surface area contributed by atoms with Gasteiger partial charge in [0.1, 0.15) is 5.03 Å². The third-order valence-corrected chi connectivity index (χ3v) is 2.09. The minimum absolute atomic E-state index is 0.456. The van der Waals surface area contributed by atoms with Gasteiger partial charge in [0.05, 0.1) is 5.56 Å². The molecule has 1 rings (SSSR count). The first-order valence-corrected chi connectivity index (χ1v) is 4.53. The van der Waals surface area contributed by atoms with Crippen LogP contribution in [0.4, 0.5) is 0 Å². The molecule has 0 bridgehead atoms. The van der Waals surface area contributed by atoms with Crippen LogP contribution in [-0.2, 0) is 7.05 Å². The summed E-state index contributed by atoms with van der Waals surface area (Å²) in [5, 5.41) is 4.24. The van der Waals surface area contributed by atoms with E-state index in [2.05, 4.69) is 5.10 Å². The van der Waals surface area contributed by atoms with Gasteiger partial charge in [-0.2, -0.15) is 5.10 Å². The Kier molecular flexibility index (Phi) is 2.57. The van der Waals surface area contributed by atoms with Crippen molar-refractivity contribution in [3.63, 3.8) is 0 Å². The van der Waals surface area contributed by atoms with Crippen LogP contribution in [0.1, 0.15) is 10.4 Å². The summed E-state index contributed by atoms with van der Waals surface area (Å²) in [6.07, 6.45) is 3.47. The largest absolute Gasteiger partial charge is 0.275 e. The van der Waals surface area contributed by atoms with E-state index in [1.54, 1.807) is 17.9 Å². The topological polar surface area (TPSA) is 34.9 Å². The third kappa shape index (κ3) is 1.75. The highest BCUT2D eigenvalue weighted by atomic mass is 35.5. The lowest BCUT2D eigenvalue weighted by Crippen LogP contribution is -1.86. The number of carbonyl (C=O) groups is 1. The van der Waals surface area contributed by atoms with Gasteiger partial charge in [0.15, 0.2) is 0 Å². The van der Waals surface area contributed by atoms with Crippen LogP contribution in [0, 0.1) is 0 Å². The van der Waals surface area contributed by atoms with Crippen molar-refractivity contribution in [1.82, 2.24) is 9.78 Å². The van der Waals surface area contributed by atoms with Crippen LogP contribution in [0.3, 0.4) is 0 Å². The summed E-state index contributed by atoms with van der Waals surface area (Å²) in [6, 6.07) is 0. The summed E-state index contributed by atoms with van der Waals surface area (Å²) < 4.78 is 1.57. The zero-order chi connectivity index (χ0) is 8.43. The molecule has 5 heteroatoms. The van der Waals surface area contributed by atoms with Gasteiger partial charge in [-0.1, -0.05) is 0 Å². The van der Waals surface area contributed by atoms with Crippen molar-refractivity contribution in [2.24, 2.45) is 7.05 Å². The molecular weight excluding hydrogens is 184 g/mol. The molecule has 1 aromatic rings. The standard InChI is InChI=1S/C6H7ClN2OS/c1-9-3-4(5(7)10)6(8-9)11-2/h3H,1-2H3. The van der Waals surface area contributed by atoms with E-state index >= 15 is 0 Å². The monoisotopic (exact) mass is 190 g/mol. The second-order valence-electron chi connectivity index (χ2n) is 2.00. The Morgan fingerprint density at radius 1 is 1.82 bits per heavy atom. The fourth-order valence-electron chi connectivity index (χ4n) is 0.754. The normalized spacial score (nSPS) is 10.1.